The van der Waals surface area contributed by atoms with Gasteiger partial charge >= 0.3 is 0 Å². The first kappa shape index (κ1) is 14.1. The molecule has 128 valence electrons. The molecule has 0 aromatic carbocycles. The maximum atomic E-state index is 13.3. The van der Waals surface area contributed by atoms with Gasteiger partial charge in [-0.2, -0.15) is 0 Å². The van der Waals surface area contributed by atoms with E-state index in [0.717, 1.165) is 50.5 Å². The van der Waals surface area contributed by atoms with Gasteiger partial charge in [0.25, 0.3) is 0 Å². The van der Waals surface area contributed by atoms with E-state index in [2.05, 4.69) is 18.8 Å². The molecule has 2 spiro atoms. The van der Waals surface area contributed by atoms with Gasteiger partial charge in [-0.05, 0) is 61.9 Å². The molecule has 4 nitrogen and oxygen atoms in total. The van der Waals surface area contributed by atoms with Crippen molar-refractivity contribution in [3.63, 3.8) is 0 Å². The third kappa shape index (κ3) is 1.14. The second kappa shape index (κ2) is 3.82. The average Bonchev–Trinajstić information content (AvgIpc) is 2.58. The van der Waals surface area contributed by atoms with Gasteiger partial charge in [0.2, 0.25) is 5.91 Å². The van der Waals surface area contributed by atoms with Gasteiger partial charge in [0.1, 0.15) is 6.23 Å². The maximum absolute atomic E-state index is 13.3. The zero-order valence-corrected chi connectivity index (χ0v) is 14.3. The number of hydrogen-bond donors (Lipinski definition) is 1. The topological polar surface area (TPSA) is 55.4 Å². The molecule has 2 unspecified atom stereocenters. The minimum atomic E-state index is -0.334. The smallest absolute Gasteiger partial charge is 0.228 e. The molecule has 0 aromatic heterocycles. The van der Waals surface area contributed by atoms with Gasteiger partial charge in [0.15, 0.2) is 5.78 Å². The summed E-state index contributed by atoms with van der Waals surface area (Å²) >= 11 is 0. The number of rotatable bonds is 0. The average molecular weight is 327 g/mol. The molecular weight excluding hydrogens is 302 g/mol. The molecule has 5 aliphatic carbocycles. The summed E-state index contributed by atoms with van der Waals surface area (Å²) in [5.74, 6) is 1.61. The van der Waals surface area contributed by atoms with Crippen LogP contribution >= 0.6 is 0 Å². The van der Waals surface area contributed by atoms with Crippen LogP contribution in [0, 0.1) is 34.0 Å². The number of ketones is 1. The Labute approximate surface area is 142 Å². The molecule has 3 saturated heterocycles. The lowest BCUT2D eigenvalue weighted by Gasteiger charge is -2.76. The molecule has 7 bridgehead atoms. The van der Waals surface area contributed by atoms with E-state index in [1.165, 1.54) is 0 Å². The number of ether oxygens (including phenoxy) is 1. The van der Waals surface area contributed by atoms with E-state index >= 15 is 0 Å². The van der Waals surface area contributed by atoms with Gasteiger partial charge in [0, 0.05) is 5.41 Å². The van der Waals surface area contributed by atoms with Crippen LogP contribution in [0.3, 0.4) is 0 Å². The Bertz CT molecular complexity index is 716. The molecule has 8 atom stereocenters. The number of allylic oxidation sites excluding steroid dienone is 1. The lowest BCUT2D eigenvalue weighted by atomic mass is 9.33. The second-order valence-electron chi connectivity index (χ2n) is 9.57. The van der Waals surface area contributed by atoms with Crippen LogP contribution in [0.2, 0.25) is 0 Å². The molecule has 0 aromatic rings. The Kier molecular flexibility index (Phi) is 2.24. The molecule has 8 rings (SSSR count). The highest BCUT2D eigenvalue weighted by Crippen LogP contribution is 2.76. The Morgan fingerprint density at radius 2 is 2.00 bits per heavy atom. The van der Waals surface area contributed by atoms with E-state index in [9.17, 15) is 9.59 Å². The molecule has 24 heavy (non-hydrogen) atoms. The van der Waals surface area contributed by atoms with Crippen molar-refractivity contribution in [1.82, 2.24) is 5.32 Å². The Morgan fingerprint density at radius 1 is 1.17 bits per heavy atom. The maximum Gasteiger partial charge on any atom is 0.228 e. The second-order valence-corrected chi connectivity index (χ2v) is 9.57. The number of nitrogens with one attached hydrogen (secondary N) is 1. The van der Waals surface area contributed by atoms with Gasteiger partial charge in [0.05, 0.1) is 16.9 Å². The van der Waals surface area contributed by atoms with Gasteiger partial charge in [-0.25, -0.2) is 0 Å². The van der Waals surface area contributed by atoms with Gasteiger partial charge in [-0.3, -0.25) is 9.59 Å². The molecule has 5 saturated carbocycles. The van der Waals surface area contributed by atoms with E-state index in [-0.39, 0.29) is 34.5 Å². The number of carbonyl (C=O) groups is 2. The van der Waals surface area contributed by atoms with Crippen molar-refractivity contribution >= 4 is 11.7 Å². The molecule has 3 heterocycles. The van der Waals surface area contributed by atoms with E-state index in [1.807, 2.05) is 0 Å². The normalized spacial score (nSPS) is 60.0. The number of carbonyl (C=O) groups excluding carboxylic acids is 2. The third-order valence-corrected chi connectivity index (χ3v) is 9.22. The fraction of sp³-hybridized carbons (Fsp3) is 0.800. The van der Waals surface area contributed by atoms with Gasteiger partial charge in [-0.1, -0.05) is 19.9 Å². The first-order valence-corrected chi connectivity index (χ1v) is 9.64. The lowest BCUT2D eigenvalue weighted by molar-refractivity contribution is -0.343. The summed E-state index contributed by atoms with van der Waals surface area (Å²) < 4.78 is 6.46. The fourth-order valence-electron chi connectivity index (χ4n) is 8.22. The molecule has 8 fully saturated rings. The van der Waals surface area contributed by atoms with Crippen LogP contribution < -0.4 is 5.32 Å². The molecular formula is C20H25NO3. The fourth-order valence-corrected chi connectivity index (χ4v) is 8.22. The van der Waals surface area contributed by atoms with Crippen LogP contribution in [0.15, 0.2) is 12.2 Å². The summed E-state index contributed by atoms with van der Waals surface area (Å²) in [5.41, 5.74) is 0.233. The van der Waals surface area contributed by atoms with E-state index < -0.39 is 0 Å². The molecule has 0 radical (unpaired) electrons. The number of piperidine rings is 1. The minimum Gasteiger partial charge on any atom is -0.354 e. The molecule has 8 aliphatic rings. The summed E-state index contributed by atoms with van der Waals surface area (Å²) in [6, 6.07) is 0. The highest BCUT2D eigenvalue weighted by Gasteiger charge is 2.79. The van der Waals surface area contributed by atoms with Crippen molar-refractivity contribution in [2.75, 3.05) is 0 Å². The van der Waals surface area contributed by atoms with Crippen LogP contribution in [0.25, 0.3) is 0 Å². The highest BCUT2D eigenvalue weighted by molar-refractivity contribution is 6.02. The standard InChI is InChI=1S/C20H25NO3/c1-10-11-4-7-20(15(10)22)13(8-11)19-6-3-5-18(2)12(19)9-14(20)24-17(19)21-16(18)23/h11-14,17H,1,3-9H2,2H3,(H,21,23)/t11-,12?,13?,14+,17+,18+,19-,20+/m0/s1. The predicted molar refractivity (Wildman–Crippen MR) is 86.7 cm³/mol. The number of amides is 1. The predicted octanol–water partition coefficient (Wildman–Crippen LogP) is 2.58. The minimum absolute atomic E-state index is 0.0231. The molecule has 3 aliphatic heterocycles. The van der Waals surface area contributed by atoms with Crippen LogP contribution in [0.4, 0.5) is 0 Å². The van der Waals surface area contributed by atoms with Crippen LogP contribution in [-0.4, -0.2) is 24.0 Å². The summed E-state index contributed by atoms with van der Waals surface area (Å²) in [6.45, 7) is 6.31. The number of hydrogen-bond acceptors (Lipinski definition) is 3. The van der Waals surface area contributed by atoms with Crippen molar-refractivity contribution in [1.29, 1.82) is 0 Å². The van der Waals surface area contributed by atoms with E-state index in [0.29, 0.717) is 23.5 Å². The van der Waals surface area contributed by atoms with Crippen molar-refractivity contribution in [3.8, 4) is 0 Å². The van der Waals surface area contributed by atoms with Gasteiger partial charge < -0.3 is 10.1 Å². The van der Waals surface area contributed by atoms with E-state index in [4.69, 9.17) is 4.74 Å². The van der Waals surface area contributed by atoms with Crippen LogP contribution in [0.1, 0.15) is 51.9 Å². The summed E-state index contributed by atoms with van der Waals surface area (Å²) in [5, 5.41) is 3.23. The van der Waals surface area contributed by atoms with Crippen molar-refractivity contribution in [2.24, 2.45) is 34.0 Å². The van der Waals surface area contributed by atoms with Crippen LogP contribution in [0.5, 0.6) is 0 Å². The first-order valence-electron chi connectivity index (χ1n) is 9.64. The van der Waals surface area contributed by atoms with Gasteiger partial charge in [-0.15, -0.1) is 0 Å². The summed E-state index contributed by atoms with van der Waals surface area (Å²) in [4.78, 5) is 26.1. The third-order valence-electron chi connectivity index (χ3n) is 9.22. The SMILES string of the molecule is C=C1C(=O)[C@]23CC[C@H]1CC2[C@@]12CCC[C@@]4(C)C(=O)N[C@@H]1O[C@@H]3CC24. The van der Waals surface area contributed by atoms with E-state index in [1.54, 1.807) is 0 Å². The first-order chi connectivity index (χ1) is 11.4. The van der Waals surface area contributed by atoms with Crippen molar-refractivity contribution in [2.45, 2.75) is 64.2 Å². The molecule has 4 heteroatoms. The van der Waals surface area contributed by atoms with Crippen molar-refractivity contribution in [3.05, 3.63) is 12.2 Å². The number of Topliss-reactive ketones (excluding diaryl/α,β-unsaturated/α-hetero) is 1. The Hall–Kier alpha value is -1.16. The van der Waals surface area contributed by atoms with Crippen molar-refractivity contribution < 1.29 is 14.3 Å². The molecule has 1 amide bonds. The Morgan fingerprint density at radius 3 is 2.83 bits per heavy atom. The quantitative estimate of drug-likeness (QED) is 0.696. The summed E-state index contributed by atoms with van der Waals surface area (Å²) in [6.07, 6.45) is 7.01. The zero-order chi connectivity index (χ0) is 16.5. The Balaban J connectivity index is 1.58. The van der Waals surface area contributed by atoms with Crippen LogP contribution in [-0.2, 0) is 14.3 Å². The lowest BCUT2D eigenvalue weighted by Crippen LogP contribution is -2.82. The summed E-state index contributed by atoms with van der Waals surface area (Å²) in [7, 11) is 0. The largest absolute Gasteiger partial charge is 0.354 e. The number of fused-ring (bicyclic) bond motifs is 2. The molecule has 1 N–H and O–H groups in total. The zero-order valence-electron chi connectivity index (χ0n) is 14.3. The monoisotopic (exact) mass is 327 g/mol. The highest BCUT2D eigenvalue weighted by atomic mass is 16.5.